The number of aromatic nitrogens is 2. The average Bonchev–Trinajstić information content (AvgIpc) is 2.72. The molecule has 3 rings (SSSR count). The Morgan fingerprint density at radius 1 is 1.45 bits per heavy atom. The molecule has 2 amide bonds. The number of hydrogen-bond donors (Lipinski definition) is 2. The smallest absolute Gasteiger partial charge is 0.242 e. The van der Waals surface area contributed by atoms with Crippen LogP contribution in [0.15, 0.2) is 12.5 Å². The van der Waals surface area contributed by atoms with Gasteiger partial charge in [-0.1, -0.05) is 0 Å². The number of nitrogens with one attached hydrogen (secondary N) is 2. The van der Waals surface area contributed by atoms with E-state index in [2.05, 4.69) is 25.5 Å². The standard InChI is InChI=1S/C15H21N5O2/c21-14(19-12-3-1-2-5-17-15(12)22)9-20-6-4-11-7-16-10-18-13(11)8-20/h7,10,12H,1-6,8-9H2,(H,17,22)(H,19,21)/t12-/m0/s1. The molecule has 2 N–H and O–H groups in total. The van der Waals surface area contributed by atoms with Crippen LogP contribution in [-0.4, -0.2) is 52.4 Å². The van der Waals surface area contributed by atoms with Gasteiger partial charge in [0.2, 0.25) is 11.8 Å². The highest BCUT2D eigenvalue weighted by Crippen LogP contribution is 2.14. The summed E-state index contributed by atoms with van der Waals surface area (Å²) in [5, 5.41) is 5.69. The Labute approximate surface area is 129 Å². The minimum atomic E-state index is -0.394. The minimum Gasteiger partial charge on any atom is -0.354 e. The van der Waals surface area contributed by atoms with Crippen molar-refractivity contribution in [3.63, 3.8) is 0 Å². The fraction of sp³-hybridized carbons (Fsp3) is 0.600. The number of carbonyl (C=O) groups excluding carboxylic acids is 2. The van der Waals surface area contributed by atoms with Gasteiger partial charge in [0.1, 0.15) is 12.4 Å². The SMILES string of the molecule is O=C(CN1CCc2cncnc2C1)N[C@H]1CCCCNC1=O. The molecule has 0 unspecified atom stereocenters. The minimum absolute atomic E-state index is 0.0671. The topological polar surface area (TPSA) is 87.2 Å². The van der Waals surface area contributed by atoms with Crippen LogP contribution in [0.1, 0.15) is 30.5 Å². The molecule has 0 aromatic carbocycles. The molecule has 118 valence electrons. The highest BCUT2D eigenvalue weighted by molar-refractivity contribution is 5.88. The average molecular weight is 303 g/mol. The lowest BCUT2D eigenvalue weighted by atomic mass is 10.1. The van der Waals surface area contributed by atoms with Gasteiger partial charge in [0, 0.05) is 25.8 Å². The lowest BCUT2D eigenvalue weighted by Gasteiger charge is -2.27. The van der Waals surface area contributed by atoms with Crippen molar-refractivity contribution in [3.8, 4) is 0 Å². The van der Waals surface area contributed by atoms with Gasteiger partial charge in [-0.25, -0.2) is 9.97 Å². The molecule has 22 heavy (non-hydrogen) atoms. The maximum Gasteiger partial charge on any atom is 0.242 e. The van der Waals surface area contributed by atoms with Crippen molar-refractivity contribution in [2.45, 2.75) is 38.3 Å². The van der Waals surface area contributed by atoms with Gasteiger partial charge in [-0.3, -0.25) is 14.5 Å². The Kier molecular flexibility index (Phi) is 4.62. The van der Waals surface area contributed by atoms with Crippen LogP contribution < -0.4 is 10.6 Å². The number of carbonyl (C=O) groups is 2. The van der Waals surface area contributed by atoms with Crippen LogP contribution in [-0.2, 0) is 22.6 Å². The van der Waals surface area contributed by atoms with Gasteiger partial charge in [0.15, 0.2) is 0 Å². The highest BCUT2D eigenvalue weighted by atomic mass is 16.2. The number of fused-ring (bicyclic) bond motifs is 1. The molecule has 0 aliphatic carbocycles. The van der Waals surface area contributed by atoms with Gasteiger partial charge in [-0.05, 0) is 31.2 Å². The van der Waals surface area contributed by atoms with Crippen LogP contribution in [0.4, 0.5) is 0 Å². The molecule has 0 bridgehead atoms. The third kappa shape index (κ3) is 3.59. The van der Waals surface area contributed by atoms with E-state index in [-0.39, 0.29) is 11.8 Å². The fourth-order valence-electron chi connectivity index (χ4n) is 2.96. The summed E-state index contributed by atoms with van der Waals surface area (Å²) < 4.78 is 0. The fourth-order valence-corrected chi connectivity index (χ4v) is 2.96. The van der Waals surface area contributed by atoms with E-state index in [1.165, 1.54) is 6.33 Å². The first-order valence-corrected chi connectivity index (χ1v) is 7.79. The van der Waals surface area contributed by atoms with Crippen LogP contribution in [0.2, 0.25) is 0 Å². The summed E-state index contributed by atoms with van der Waals surface area (Å²) in [6.07, 6.45) is 6.88. The second kappa shape index (κ2) is 6.83. The van der Waals surface area contributed by atoms with E-state index in [0.717, 1.165) is 37.1 Å². The molecule has 7 heteroatoms. The van der Waals surface area contributed by atoms with Gasteiger partial charge in [-0.15, -0.1) is 0 Å². The molecule has 0 spiro atoms. The second-order valence-electron chi connectivity index (χ2n) is 5.86. The van der Waals surface area contributed by atoms with E-state index in [0.29, 0.717) is 26.1 Å². The van der Waals surface area contributed by atoms with Gasteiger partial charge in [-0.2, -0.15) is 0 Å². The van der Waals surface area contributed by atoms with Gasteiger partial charge in [0.25, 0.3) is 0 Å². The first-order chi connectivity index (χ1) is 10.7. The first kappa shape index (κ1) is 14.9. The number of amides is 2. The molecule has 2 aliphatic heterocycles. The van der Waals surface area contributed by atoms with Crippen molar-refractivity contribution in [2.75, 3.05) is 19.6 Å². The normalized spacial score (nSPS) is 22.4. The summed E-state index contributed by atoms with van der Waals surface area (Å²) >= 11 is 0. The number of rotatable bonds is 3. The molecule has 1 aromatic rings. The largest absolute Gasteiger partial charge is 0.354 e. The van der Waals surface area contributed by atoms with Crippen molar-refractivity contribution in [1.82, 2.24) is 25.5 Å². The van der Waals surface area contributed by atoms with Crippen molar-refractivity contribution in [2.24, 2.45) is 0 Å². The van der Waals surface area contributed by atoms with Crippen LogP contribution in [0.25, 0.3) is 0 Å². The van der Waals surface area contributed by atoms with Crippen LogP contribution >= 0.6 is 0 Å². The number of nitrogens with zero attached hydrogens (tertiary/aromatic N) is 3. The molecular weight excluding hydrogens is 282 g/mol. The molecule has 1 aromatic heterocycles. The lowest BCUT2D eigenvalue weighted by Crippen LogP contribution is -2.49. The third-order valence-corrected chi connectivity index (χ3v) is 4.19. The molecule has 3 heterocycles. The van der Waals surface area contributed by atoms with Crippen LogP contribution in [0.5, 0.6) is 0 Å². The zero-order valence-electron chi connectivity index (χ0n) is 12.5. The summed E-state index contributed by atoms with van der Waals surface area (Å²) in [6, 6.07) is -0.394. The van der Waals surface area contributed by atoms with E-state index in [9.17, 15) is 9.59 Å². The van der Waals surface area contributed by atoms with Gasteiger partial charge >= 0.3 is 0 Å². The highest BCUT2D eigenvalue weighted by Gasteiger charge is 2.24. The van der Waals surface area contributed by atoms with Crippen molar-refractivity contribution in [3.05, 3.63) is 23.8 Å². The molecule has 0 saturated carbocycles. The summed E-state index contributed by atoms with van der Waals surface area (Å²) in [5.41, 5.74) is 2.14. The molecule has 0 radical (unpaired) electrons. The first-order valence-electron chi connectivity index (χ1n) is 7.79. The zero-order chi connectivity index (χ0) is 15.4. The second-order valence-corrected chi connectivity index (χ2v) is 5.86. The molecule has 7 nitrogen and oxygen atoms in total. The Hall–Kier alpha value is -2.02. The number of hydrogen-bond acceptors (Lipinski definition) is 5. The van der Waals surface area contributed by atoms with E-state index in [1.54, 1.807) is 0 Å². The van der Waals surface area contributed by atoms with Gasteiger partial charge in [0.05, 0.1) is 12.2 Å². The van der Waals surface area contributed by atoms with Crippen molar-refractivity contribution < 1.29 is 9.59 Å². The van der Waals surface area contributed by atoms with E-state index in [4.69, 9.17) is 0 Å². The van der Waals surface area contributed by atoms with Crippen molar-refractivity contribution in [1.29, 1.82) is 0 Å². The molecule has 1 fully saturated rings. The van der Waals surface area contributed by atoms with Crippen LogP contribution in [0, 0.1) is 0 Å². The van der Waals surface area contributed by atoms with E-state index >= 15 is 0 Å². The predicted molar refractivity (Wildman–Crippen MR) is 79.8 cm³/mol. The summed E-state index contributed by atoms with van der Waals surface area (Å²) in [5.74, 6) is -0.165. The quantitative estimate of drug-likeness (QED) is 0.795. The Bertz CT molecular complexity index is 563. The van der Waals surface area contributed by atoms with Crippen LogP contribution in [0.3, 0.4) is 0 Å². The molecule has 2 aliphatic rings. The maximum absolute atomic E-state index is 12.2. The molecule has 1 saturated heterocycles. The Balaban J connectivity index is 1.53. The van der Waals surface area contributed by atoms with E-state index in [1.807, 2.05) is 6.20 Å². The monoisotopic (exact) mass is 303 g/mol. The molecular formula is C15H21N5O2. The zero-order valence-corrected chi connectivity index (χ0v) is 12.5. The van der Waals surface area contributed by atoms with Gasteiger partial charge < -0.3 is 10.6 Å². The lowest BCUT2D eigenvalue weighted by molar-refractivity contribution is -0.129. The Morgan fingerprint density at radius 2 is 2.36 bits per heavy atom. The summed E-state index contributed by atoms with van der Waals surface area (Å²) in [7, 11) is 0. The predicted octanol–water partition coefficient (Wildman–Crippen LogP) is -0.380. The Morgan fingerprint density at radius 3 is 3.27 bits per heavy atom. The summed E-state index contributed by atoms with van der Waals surface area (Å²) in [6.45, 7) is 2.47. The maximum atomic E-state index is 12.2. The van der Waals surface area contributed by atoms with E-state index < -0.39 is 6.04 Å². The summed E-state index contributed by atoms with van der Waals surface area (Å²) in [4.78, 5) is 34.4. The third-order valence-electron chi connectivity index (χ3n) is 4.19. The van der Waals surface area contributed by atoms with Crippen molar-refractivity contribution >= 4 is 11.8 Å². The molecule has 1 atom stereocenters.